The Morgan fingerprint density at radius 3 is 2.68 bits per heavy atom. The fraction of sp³-hybridized carbons (Fsp3) is 0.154. The largest absolute Gasteiger partial charge is 0.272 e. The topological polar surface area (TPSA) is 34.4 Å². The molecule has 1 atom stereocenters. The number of aryl methyl sites for hydroxylation is 2. The molecule has 0 saturated heterocycles. The van der Waals surface area contributed by atoms with E-state index in [2.05, 4.69) is 55.5 Å². The van der Waals surface area contributed by atoms with E-state index in [1.807, 2.05) is 28.2 Å². The number of benzene rings is 2. The van der Waals surface area contributed by atoms with Crippen LogP contribution >= 0.6 is 22.7 Å². The number of allylic oxidation sites excluding steroid dienone is 1. The summed E-state index contributed by atoms with van der Waals surface area (Å²) in [6.07, 6.45) is 3.90. The van der Waals surface area contributed by atoms with Crippen molar-refractivity contribution in [2.24, 2.45) is 4.99 Å². The summed E-state index contributed by atoms with van der Waals surface area (Å²) >= 11 is 3.14. The van der Waals surface area contributed by atoms with Crippen LogP contribution in [0.4, 0.5) is 0 Å². The highest BCUT2D eigenvalue weighted by Crippen LogP contribution is 2.41. The van der Waals surface area contributed by atoms with Gasteiger partial charge in [-0.2, -0.15) is 0 Å². The summed E-state index contributed by atoms with van der Waals surface area (Å²) in [5, 5.41) is 2.04. The highest BCUT2D eigenvalue weighted by atomic mass is 32.1. The zero-order valence-electron chi connectivity index (χ0n) is 17.0. The minimum atomic E-state index is -0.106. The second-order valence-electron chi connectivity index (χ2n) is 8.04. The van der Waals surface area contributed by atoms with Gasteiger partial charge in [0.1, 0.15) is 0 Å². The van der Waals surface area contributed by atoms with Crippen molar-refractivity contribution >= 4 is 34.4 Å². The van der Waals surface area contributed by atoms with Crippen molar-refractivity contribution in [1.29, 1.82) is 0 Å². The first-order valence-corrected chi connectivity index (χ1v) is 12.1. The minimum Gasteiger partial charge on any atom is -0.272 e. The molecule has 2 aromatic carbocycles. The zero-order chi connectivity index (χ0) is 20.9. The van der Waals surface area contributed by atoms with Crippen LogP contribution in [0.1, 0.15) is 39.6 Å². The average molecular weight is 441 g/mol. The van der Waals surface area contributed by atoms with E-state index in [4.69, 9.17) is 4.99 Å². The van der Waals surface area contributed by atoms with Crippen molar-refractivity contribution in [3.05, 3.63) is 118 Å². The summed E-state index contributed by atoms with van der Waals surface area (Å²) < 4.78 is 2.66. The molecule has 2 aliphatic rings. The predicted octanol–water partition coefficient (Wildman–Crippen LogP) is 4.69. The molecule has 6 rings (SSSR count). The number of fused-ring (bicyclic) bond motifs is 3. The lowest BCUT2D eigenvalue weighted by Gasteiger charge is -2.30. The number of rotatable bonds is 2. The Kier molecular flexibility index (Phi) is 4.40. The first kappa shape index (κ1) is 18.7. The van der Waals surface area contributed by atoms with Crippen LogP contribution in [-0.2, 0) is 6.42 Å². The Bertz CT molecular complexity index is 1500. The van der Waals surface area contributed by atoms with Crippen LogP contribution in [0, 0.1) is 6.92 Å². The SMILES string of the molecule is Cc1ccc(C2C3=C(N=c4s/c(=C\c5cccs5)c(=O)n42)c2ccccc2CC3)cc1. The van der Waals surface area contributed by atoms with Crippen molar-refractivity contribution in [2.45, 2.75) is 25.8 Å². The van der Waals surface area contributed by atoms with Crippen molar-refractivity contribution < 1.29 is 0 Å². The Hall–Kier alpha value is -3.02. The minimum absolute atomic E-state index is 0.0492. The first-order chi connectivity index (χ1) is 15.2. The van der Waals surface area contributed by atoms with Crippen LogP contribution in [-0.4, -0.2) is 4.57 Å². The number of hydrogen-bond donors (Lipinski definition) is 0. The highest BCUT2D eigenvalue weighted by Gasteiger charge is 2.32. The molecule has 2 aromatic heterocycles. The molecule has 0 radical (unpaired) electrons. The van der Waals surface area contributed by atoms with Gasteiger partial charge in [0.2, 0.25) is 0 Å². The van der Waals surface area contributed by atoms with E-state index in [1.54, 1.807) is 11.3 Å². The molecular formula is C26H20N2OS2. The number of aromatic nitrogens is 1. The molecule has 0 fully saturated rings. The molecule has 0 spiro atoms. The molecule has 3 heterocycles. The lowest BCUT2D eigenvalue weighted by molar-refractivity contribution is 0.585. The quantitative estimate of drug-likeness (QED) is 0.445. The average Bonchev–Trinajstić information content (AvgIpc) is 3.41. The van der Waals surface area contributed by atoms with Crippen molar-refractivity contribution in [3.8, 4) is 0 Å². The molecule has 1 unspecified atom stereocenters. The number of hydrogen-bond acceptors (Lipinski definition) is 4. The molecule has 0 amide bonds. The number of thiophene rings is 1. The van der Waals surface area contributed by atoms with Crippen molar-refractivity contribution in [1.82, 2.24) is 4.57 Å². The van der Waals surface area contributed by atoms with Crippen LogP contribution < -0.4 is 14.9 Å². The van der Waals surface area contributed by atoms with E-state index < -0.39 is 0 Å². The monoisotopic (exact) mass is 440 g/mol. The highest BCUT2D eigenvalue weighted by molar-refractivity contribution is 7.11. The lowest BCUT2D eigenvalue weighted by atomic mass is 9.83. The van der Waals surface area contributed by atoms with Gasteiger partial charge in [-0.15, -0.1) is 11.3 Å². The fourth-order valence-corrected chi connectivity index (χ4v) is 6.30. The maximum atomic E-state index is 13.6. The standard InChI is InChI=1S/C26H20N2OS2/c1-16-8-10-18(11-9-16)24-21-13-12-17-5-2-3-7-20(17)23(21)27-26-28(24)25(29)22(31-26)15-19-6-4-14-30-19/h2-11,14-15,24H,12-13H2,1H3/b22-15-. The Labute approximate surface area is 188 Å². The summed E-state index contributed by atoms with van der Waals surface area (Å²) in [5.74, 6) is 0. The van der Waals surface area contributed by atoms with Crippen LogP contribution in [0.2, 0.25) is 0 Å². The second-order valence-corrected chi connectivity index (χ2v) is 10.0. The molecule has 152 valence electrons. The second kappa shape index (κ2) is 7.29. The van der Waals surface area contributed by atoms with Crippen LogP contribution in [0.3, 0.4) is 0 Å². The van der Waals surface area contributed by atoms with Gasteiger partial charge in [-0.1, -0.05) is 71.5 Å². The number of nitrogens with zero attached hydrogens (tertiary/aromatic N) is 2. The van der Waals surface area contributed by atoms with Crippen LogP contribution in [0.25, 0.3) is 11.8 Å². The lowest BCUT2D eigenvalue weighted by Crippen LogP contribution is -2.38. The Morgan fingerprint density at radius 1 is 1.03 bits per heavy atom. The third kappa shape index (κ3) is 3.08. The van der Waals surface area contributed by atoms with Crippen molar-refractivity contribution in [3.63, 3.8) is 0 Å². The van der Waals surface area contributed by atoms with E-state index in [1.165, 1.54) is 33.6 Å². The zero-order valence-corrected chi connectivity index (χ0v) is 18.7. The fourth-order valence-electron chi connectivity index (χ4n) is 4.57. The van der Waals surface area contributed by atoms with Gasteiger partial charge < -0.3 is 0 Å². The molecule has 4 aromatic rings. The third-order valence-electron chi connectivity index (χ3n) is 6.08. The van der Waals surface area contributed by atoms with Gasteiger partial charge in [0.05, 0.1) is 16.3 Å². The van der Waals surface area contributed by atoms with Crippen LogP contribution in [0.15, 0.2) is 81.4 Å². The van der Waals surface area contributed by atoms with Crippen molar-refractivity contribution in [2.75, 3.05) is 0 Å². The third-order valence-corrected chi connectivity index (χ3v) is 7.88. The van der Waals surface area contributed by atoms with E-state index in [0.29, 0.717) is 0 Å². The predicted molar refractivity (Wildman–Crippen MR) is 128 cm³/mol. The van der Waals surface area contributed by atoms with E-state index >= 15 is 0 Å². The number of thiazole rings is 1. The molecular weight excluding hydrogens is 420 g/mol. The molecule has 1 aliphatic heterocycles. The van der Waals surface area contributed by atoms with Gasteiger partial charge in [0.15, 0.2) is 4.80 Å². The normalized spacial score (nSPS) is 17.7. The van der Waals surface area contributed by atoms with E-state index in [-0.39, 0.29) is 11.6 Å². The summed E-state index contributed by atoms with van der Waals surface area (Å²) in [4.78, 5) is 20.5. The van der Waals surface area contributed by atoms with E-state index in [9.17, 15) is 4.79 Å². The molecule has 31 heavy (non-hydrogen) atoms. The molecule has 0 saturated carbocycles. The smallest absolute Gasteiger partial charge is 0.271 e. The Balaban J connectivity index is 1.65. The summed E-state index contributed by atoms with van der Waals surface area (Å²) in [6.45, 7) is 2.10. The first-order valence-electron chi connectivity index (χ1n) is 10.4. The van der Waals surface area contributed by atoms with Gasteiger partial charge in [0.25, 0.3) is 5.56 Å². The van der Waals surface area contributed by atoms with Crippen LogP contribution in [0.5, 0.6) is 0 Å². The molecule has 1 aliphatic carbocycles. The molecule has 0 bridgehead atoms. The molecule has 5 heteroatoms. The molecule has 3 nitrogen and oxygen atoms in total. The maximum Gasteiger partial charge on any atom is 0.271 e. The van der Waals surface area contributed by atoms with Gasteiger partial charge in [-0.25, -0.2) is 4.99 Å². The van der Waals surface area contributed by atoms with E-state index in [0.717, 1.165) is 38.3 Å². The summed E-state index contributed by atoms with van der Waals surface area (Å²) in [6, 6.07) is 21.1. The van der Waals surface area contributed by atoms with Gasteiger partial charge in [-0.3, -0.25) is 9.36 Å². The summed E-state index contributed by atoms with van der Waals surface area (Å²) in [5.41, 5.74) is 7.26. The maximum absolute atomic E-state index is 13.6. The molecule has 0 N–H and O–H groups in total. The summed E-state index contributed by atoms with van der Waals surface area (Å²) in [7, 11) is 0. The van der Waals surface area contributed by atoms with Gasteiger partial charge in [0, 0.05) is 10.4 Å². The van der Waals surface area contributed by atoms with Gasteiger partial charge >= 0.3 is 0 Å². The Morgan fingerprint density at radius 2 is 1.87 bits per heavy atom. The van der Waals surface area contributed by atoms with Gasteiger partial charge in [-0.05, 0) is 54.0 Å².